The summed E-state index contributed by atoms with van der Waals surface area (Å²) in [6.45, 7) is 10.9. The molecule has 1 aromatic carbocycles. The Morgan fingerprint density at radius 1 is 0.634 bits per heavy atom. The zero-order chi connectivity index (χ0) is 29.8. The van der Waals surface area contributed by atoms with E-state index in [1.165, 1.54) is 21.5 Å². The minimum Gasteiger partial charge on any atom is -0.383 e. The zero-order valence-corrected chi connectivity index (χ0v) is 23.4. The number of aromatic nitrogens is 8. The summed E-state index contributed by atoms with van der Waals surface area (Å²) in [5.41, 5.74) is 18.3. The van der Waals surface area contributed by atoms with E-state index in [2.05, 4.69) is 30.1 Å². The van der Waals surface area contributed by atoms with Crippen LogP contribution in [0.3, 0.4) is 0 Å². The second-order valence-corrected chi connectivity index (χ2v) is 10.0. The quantitative estimate of drug-likeness (QED) is 0.310. The standard InChI is InChI=1S/C28H29F3N10/c1-13-11-14(2)35-26(34-13)40-24(32)21(17(5)38-40)23(19-7-9-20(10-8-19)28(29,30)31)22-18(6)39-41(25(22)33)27-36-15(3)12-16(4)37-27/h7-12,23H,32-33H2,1-6H3. The van der Waals surface area contributed by atoms with Gasteiger partial charge in [-0.15, -0.1) is 0 Å². The molecule has 4 aromatic heterocycles. The Hall–Kier alpha value is -4.81. The molecule has 0 amide bonds. The maximum Gasteiger partial charge on any atom is 0.416 e. The van der Waals surface area contributed by atoms with Gasteiger partial charge < -0.3 is 11.5 Å². The van der Waals surface area contributed by atoms with Gasteiger partial charge in [-0.1, -0.05) is 12.1 Å². The highest BCUT2D eigenvalue weighted by Crippen LogP contribution is 2.42. The van der Waals surface area contributed by atoms with E-state index >= 15 is 0 Å². The second kappa shape index (κ2) is 9.98. The first-order chi connectivity index (χ1) is 19.2. The van der Waals surface area contributed by atoms with Gasteiger partial charge in [0.05, 0.1) is 17.0 Å². The number of nitrogen functional groups attached to an aromatic ring is 2. The number of anilines is 2. The van der Waals surface area contributed by atoms with Crippen LogP contribution in [0.1, 0.15) is 62.3 Å². The summed E-state index contributed by atoms with van der Waals surface area (Å²) in [7, 11) is 0. The first-order valence-corrected chi connectivity index (χ1v) is 12.8. The van der Waals surface area contributed by atoms with Crippen molar-refractivity contribution in [1.82, 2.24) is 39.5 Å². The monoisotopic (exact) mass is 562 g/mol. The van der Waals surface area contributed by atoms with Gasteiger partial charge in [-0.05, 0) is 71.4 Å². The fourth-order valence-corrected chi connectivity index (χ4v) is 5.08. The summed E-state index contributed by atoms with van der Waals surface area (Å²) in [6.07, 6.45) is -4.49. The van der Waals surface area contributed by atoms with Crippen molar-refractivity contribution in [2.75, 3.05) is 11.5 Å². The third-order valence-corrected chi connectivity index (χ3v) is 6.76. The van der Waals surface area contributed by atoms with Crippen LogP contribution in [0.4, 0.5) is 24.8 Å². The minimum atomic E-state index is -4.49. The third-order valence-electron chi connectivity index (χ3n) is 6.76. The van der Waals surface area contributed by atoms with Crippen LogP contribution in [0.15, 0.2) is 36.4 Å². The van der Waals surface area contributed by atoms with Crippen LogP contribution in [-0.4, -0.2) is 39.5 Å². The topological polar surface area (TPSA) is 139 Å². The largest absolute Gasteiger partial charge is 0.416 e. The molecule has 4 N–H and O–H groups in total. The molecule has 0 unspecified atom stereocenters. The Bertz CT molecular complexity index is 1630. The van der Waals surface area contributed by atoms with Crippen LogP contribution in [-0.2, 0) is 6.18 Å². The number of hydrogen-bond donors (Lipinski definition) is 2. The number of rotatable bonds is 5. The molecular weight excluding hydrogens is 533 g/mol. The van der Waals surface area contributed by atoms with Gasteiger partial charge in [-0.25, -0.2) is 19.9 Å². The normalized spacial score (nSPS) is 12.0. The first kappa shape index (κ1) is 27.7. The lowest BCUT2D eigenvalue weighted by Gasteiger charge is -2.20. The smallest absolute Gasteiger partial charge is 0.383 e. The number of alkyl halides is 3. The summed E-state index contributed by atoms with van der Waals surface area (Å²) >= 11 is 0. The van der Waals surface area contributed by atoms with Crippen LogP contribution in [0.5, 0.6) is 0 Å². The van der Waals surface area contributed by atoms with Crippen LogP contribution >= 0.6 is 0 Å². The molecule has 212 valence electrons. The maximum atomic E-state index is 13.4. The Labute approximate surface area is 234 Å². The highest BCUT2D eigenvalue weighted by Gasteiger charge is 2.34. The molecule has 0 atom stereocenters. The van der Waals surface area contributed by atoms with E-state index in [1.54, 1.807) is 13.8 Å². The SMILES string of the molecule is Cc1cc(C)nc(-n2nc(C)c(C(c3ccc(C(F)(F)F)cc3)c3c(C)nn(-c4nc(C)cc(C)n4)c3N)c2N)n1. The van der Waals surface area contributed by atoms with Gasteiger partial charge >= 0.3 is 6.18 Å². The molecule has 0 radical (unpaired) electrons. The fourth-order valence-electron chi connectivity index (χ4n) is 5.08. The van der Waals surface area contributed by atoms with Crippen molar-refractivity contribution in [3.05, 3.63) is 92.8 Å². The maximum absolute atomic E-state index is 13.4. The van der Waals surface area contributed by atoms with Crippen LogP contribution in [0, 0.1) is 41.5 Å². The number of hydrogen-bond acceptors (Lipinski definition) is 8. The number of halogens is 3. The molecule has 41 heavy (non-hydrogen) atoms. The van der Waals surface area contributed by atoms with Crippen molar-refractivity contribution < 1.29 is 13.2 Å². The summed E-state index contributed by atoms with van der Waals surface area (Å²) < 4.78 is 43.2. The Morgan fingerprint density at radius 2 is 1.00 bits per heavy atom. The summed E-state index contributed by atoms with van der Waals surface area (Å²) in [5, 5.41) is 9.27. The van der Waals surface area contributed by atoms with E-state index < -0.39 is 17.7 Å². The van der Waals surface area contributed by atoms with Crippen LogP contribution < -0.4 is 11.5 Å². The fraction of sp³-hybridized carbons (Fsp3) is 0.286. The van der Waals surface area contributed by atoms with Crippen molar-refractivity contribution in [2.24, 2.45) is 0 Å². The van der Waals surface area contributed by atoms with Crippen molar-refractivity contribution >= 4 is 11.6 Å². The molecule has 0 aliphatic heterocycles. The van der Waals surface area contributed by atoms with Gasteiger partial charge in [0.15, 0.2) is 0 Å². The predicted octanol–water partition coefficient (Wildman–Crippen LogP) is 4.85. The highest BCUT2D eigenvalue weighted by atomic mass is 19.4. The summed E-state index contributed by atoms with van der Waals surface area (Å²) in [6, 6.07) is 8.56. The average molecular weight is 563 g/mol. The van der Waals surface area contributed by atoms with E-state index in [0.717, 1.165) is 34.9 Å². The molecular formula is C28H29F3N10. The average Bonchev–Trinajstić information content (AvgIpc) is 3.33. The molecule has 10 nitrogen and oxygen atoms in total. The molecule has 0 bridgehead atoms. The molecule has 5 aromatic rings. The van der Waals surface area contributed by atoms with Crippen molar-refractivity contribution in [2.45, 2.75) is 53.6 Å². The molecule has 13 heteroatoms. The minimum absolute atomic E-state index is 0.228. The van der Waals surface area contributed by atoms with E-state index in [4.69, 9.17) is 11.5 Å². The molecule has 0 aliphatic carbocycles. The molecule has 0 fully saturated rings. The lowest BCUT2D eigenvalue weighted by molar-refractivity contribution is -0.137. The van der Waals surface area contributed by atoms with Gasteiger partial charge in [0.25, 0.3) is 11.9 Å². The highest BCUT2D eigenvalue weighted by molar-refractivity contribution is 5.62. The molecule has 4 heterocycles. The van der Waals surface area contributed by atoms with Crippen LogP contribution in [0.25, 0.3) is 11.9 Å². The third kappa shape index (κ3) is 5.10. The number of nitrogens with two attached hydrogens (primary N) is 2. The molecule has 0 saturated heterocycles. The van der Waals surface area contributed by atoms with Gasteiger partial charge in [-0.2, -0.15) is 32.7 Å². The Kier molecular flexibility index (Phi) is 6.76. The lowest BCUT2D eigenvalue weighted by atomic mass is 9.84. The number of benzene rings is 1. The van der Waals surface area contributed by atoms with Crippen molar-refractivity contribution in [1.29, 1.82) is 0 Å². The predicted molar refractivity (Wildman–Crippen MR) is 148 cm³/mol. The lowest BCUT2D eigenvalue weighted by Crippen LogP contribution is -2.13. The van der Waals surface area contributed by atoms with E-state index in [0.29, 0.717) is 28.1 Å². The van der Waals surface area contributed by atoms with Gasteiger partial charge in [0, 0.05) is 39.8 Å². The summed E-state index contributed by atoms with van der Waals surface area (Å²) in [5.74, 6) is 0.295. The molecule has 0 spiro atoms. The van der Waals surface area contributed by atoms with Gasteiger partial charge in [0.2, 0.25) is 0 Å². The van der Waals surface area contributed by atoms with Gasteiger partial charge in [0.1, 0.15) is 11.6 Å². The number of nitrogens with zero attached hydrogens (tertiary/aromatic N) is 8. The Morgan fingerprint density at radius 3 is 1.34 bits per heavy atom. The summed E-state index contributed by atoms with van der Waals surface area (Å²) in [4.78, 5) is 17.9. The zero-order valence-electron chi connectivity index (χ0n) is 23.4. The van der Waals surface area contributed by atoms with E-state index in [9.17, 15) is 13.2 Å². The van der Waals surface area contributed by atoms with E-state index in [-0.39, 0.29) is 23.5 Å². The van der Waals surface area contributed by atoms with Gasteiger partial charge in [-0.3, -0.25) is 0 Å². The number of aryl methyl sites for hydroxylation is 6. The molecule has 0 saturated carbocycles. The Balaban J connectivity index is 1.76. The molecule has 5 rings (SSSR count). The first-order valence-electron chi connectivity index (χ1n) is 12.8. The van der Waals surface area contributed by atoms with Crippen LogP contribution in [0.2, 0.25) is 0 Å². The molecule has 0 aliphatic rings. The van der Waals surface area contributed by atoms with Crippen molar-refractivity contribution in [3.8, 4) is 11.9 Å². The second-order valence-electron chi connectivity index (χ2n) is 10.0. The van der Waals surface area contributed by atoms with E-state index in [1.807, 2.05) is 39.8 Å². The van der Waals surface area contributed by atoms with Crippen molar-refractivity contribution in [3.63, 3.8) is 0 Å².